The van der Waals surface area contributed by atoms with Gasteiger partial charge in [-0.1, -0.05) is 19.1 Å². The Balaban J connectivity index is 2.31. The highest BCUT2D eigenvalue weighted by Crippen LogP contribution is 2.15. The van der Waals surface area contributed by atoms with Crippen molar-refractivity contribution < 1.29 is 4.39 Å². The van der Waals surface area contributed by atoms with Crippen LogP contribution in [0.4, 0.5) is 4.39 Å². The van der Waals surface area contributed by atoms with Crippen LogP contribution in [0.1, 0.15) is 12.5 Å². The van der Waals surface area contributed by atoms with Crippen LogP contribution in [0.2, 0.25) is 0 Å². The van der Waals surface area contributed by atoms with Crippen molar-refractivity contribution in [3.8, 4) is 0 Å². The van der Waals surface area contributed by atoms with Crippen molar-refractivity contribution in [3.63, 3.8) is 0 Å². The third-order valence-electron chi connectivity index (χ3n) is 1.96. The number of benzene rings is 1. The van der Waals surface area contributed by atoms with Crippen molar-refractivity contribution in [2.45, 2.75) is 12.7 Å². The van der Waals surface area contributed by atoms with Crippen LogP contribution >= 0.6 is 11.8 Å². The van der Waals surface area contributed by atoms with E-state index in [4.69, 9.17) is 5.73 Å². The van der Waals surface area contributed by atoms with Gasteiger partial charge >= 0.3 is 0 Å². The molecule has 0 radical (unpaired) electrons. The normalized spacial score (nSPS) is 12.8. The van der Waals surface area contributed by atoms with E-state index < -0.39 is 0 Å². The van der Waals surface area contributed by atoms with Crippen LogP contribution in [0.25, 0.3) is 0 Å². The molecule has 0 bridgehead atoms. The lowest BCUT2D eigenvalue weighted by Crippen LogP contribution is -2.12. The summed E-state index contributed by atoms with van der Waals surface area (Å²) in [6.45, 7) is 2.84. The van der Waals surface area contributed by atoms with Gasteiger partial charge in [-0.2, -0.15) is 11.8 Å². The van der Waals surface area contributed by atoms with Crippen LogP contribution in [0.3, 0.4) is 0 Å². The molecular weight excluding hydrogens is 197 g/mol. The summed E-state index contributed by atoms with van der Waals surface area (Å²) in [5.74, 6) is 2.28. The van der Waals surface area contributed by atoms with E-state index in [1.165, 1.54) is 6.07 Å². The van der Waals surface area contributed by atoms with Gasteiger partial charge in [0.05, 0.1) is 0 Å². The van der Waals surface area contributed by atoms with Gasteiger partial charge in [-0.25, -0.2) is 4.39 Å². The average molecular weight is 213 g/mol. The zero-order valence-corrected chi connectivity index (χ0v) is 9.19. The molecular formula is C11H16FNS. The van der Waals surface area contributed by atoms with Crippen LogP contribution in [0, 0.1) is 11.7 Å². The van der Waals surface area contributed by atoms with Crippen molar-refractivity contribution >= 4 is 11.8 Å². The van der Waals surface area contributed by atoms with Crippen LogP contribution in [0.5, 0.6) is 0 Å². The zero-order chi connectivity index (χ0) is 10.4. The Bertz CT molecular complexity index is 278. The molecule has 1 aromatic rings. The van der Waals surface area contributed by atoms with E-state index in [1.807, 2.05) is 6.07 Å². The molecule has 0 heterocycles. The van der Waals surface area contributed by atoms with Crippen LogP contribution in [-0.4, -0.2) is 12.3 Å². The van der Waals surface area contributed by atoms with Gasteiger partial charge in [0.2, 0.25) is 0 Å². The fraction of sp³-hybridized carbons (Fsp3) is 0.455. The highest BCUT2D eigenvalue weighted by Gasteiger charge is 2.00. The van der Waals surface area contributed by atoms with Gasteiger partial charge in [0, 0.05) is 5.75 Å². The quantitative estimate of drug-likeness (QED) is 0.813. The monoisotopic (exact) mass is 213 g/mol. The lowest BCUT2D eigenvalue weighted by molar-refractivity contribution is 0.626. The van der Waals surface area contributed by atoms with E-state index >= 15 is 0 Å². The molecule has 1 atom stereocenters. The lowest BCUT2D eigenvalue weighted by atomic mass is 10.2. The van der Waals surface area contributed by atoms with Gasteiger partial charge in [0.1, 0.15) is 5.82 Å². The molecule has 0 spiro atoms. The molecule has 0 saturated heterocycles. The molecule has 0 aliphatic heterocycles. The Kier molecular flexibility index (Phi) is 4.98. The maximum absolute atomic E-state index is 12.8. The fourth-order valence-electron chi connectivity index (χ4n) is 1.07. The highest BCUT2D eigenvalue weighted by molar-refractivity contribution is 7.98. The van der Waals surface area contributed by atoms with Crippen molar-refractivity contribution in [1.82, 2.24) is 0 Å². The van der Waals surface area contributed by atoms with E-state index in [0.29, 0.717) is 5.92 Å². The molecule has 78 valence electrons. The summed E-state index contributed by atoms with van der Waals surface area (Å²) in [5, 5.41) is 0. The fourth-order valence-corrected chi connectivity index (χ4v) is 2.14. The summed E-state index contributed by atoms with van der Waals surface area (Å²) >= 11 is 1.80. The summed E-state index contributed by atoms with van der Waals surface area (Å²) in [4.78, 5) is 0. The second-order valence-electron chi connectivity index (χ2n) is 3.49. The van der Waals surface area contributed by atoms with Crippen molar-refractivity contribution in [3.05, 3.63) is 35.6 Å². The minimum atomic E-state index is -0.157. The molecule has 14 heavy (non-hydrogen) atoms. The van der Waals surface area contributed by atoms with Gasteiger partial charge in [-0.15, -0.1) is 0 Å². The molecule has 0 aliphatic carbocycles. The number of rotatable bonds is 5. The first kappa shape index (κ1) is 11.5. The molecule has 0 saturated carbocycles. The molecule has 1 nitrogen and oxygen atoms in total. The number of hydrogen-bond acceptors (Lipinski definition) is 2. The van der Waals surface area contributed by atoms with Crippen molar-refractivity contribution in [2.24, 2.45) is 11.7 Å². The van der Waals surface area contributed by atoms with Gasteiger partial charge in [-0.3, -0.25) is 0 Å². The standard InChI is InChI=1S/C11H16FNS/c1-9(6-13)7-14-8-10-3-2-4-11(12)5-10/h2-5,9H,6-8,13H2,1H3. The summed E-state index contributed by atoms with van der Waals surface area (Å²) in [5.41, 5.74) is 6.54. The predicted octanol–water partition coefficient (Wildman–Crippen LogP) is 2.65. The van der Waals surface area contributed by atoms with Gasteiger partial charge in [0.15, 0.2) is 0 Å². The number of nitrogens with two attached hydrogens (primary N) is 1. The lowest BCUT2D eigenvalue weighted by Gasteiger charge is -2.07. The molecule has 0 fully saturated rings. The van der Waals surface area contributed by atoms with Crippen LogP contribution in [0.15, 0.2) is 24.3 Å². The van der Waals surface area contributed by atoms with Crippen molar-refractivity contribution in [1.29, 1.82) is 0 Å². The third-order valence-corrected chi connectivity index (χ3v) is 3.30. The maximum Gasteiger partial charge on any atom is 0.123 e. The minimum Gasteiger partial charge on any atom is -0.330 e. The highest BCUT2D eigenvalue weighted by atomic mass is 32.2. The summed E-state index contributed by atoms with van der Waals surface area (Å²) in [6.07, 6.45) is 0. The topological polar surface area (TPSA) is 26.0 Å². The van der Waals surface area contributed by atoms with Gasteiger partial charge < -0.3 is 5.73 Å². The van der Waals surface area contributed by atoms with Gasteiger partial charge in [-0.05, 0) is 35.9 Å². The minimum absolute atomic E-state index is 0.157. The summed E-state index contributed by atoms with van der Waals surface area (Å²) < 4.78 is 12.8. The van der Waals surface area contributed by atoms with Crippen molar-refractivity contribution in [2.75, 3.05) is 12.3 Å². The second-order valence-corrected chi connectivity index (χ2v) is 4.52. The molecule has 0 aliphatic rings. The summed E-state index contributed by atoms with van der Waals surface area (Å²) in [6, 6.07) is 6.75. The first-order valence-electron chi connectivity index (χ1n) is 4.74. The van der Waals surface area contributed by atoms with Crippen LogP contribution < -0.4 is 5.73 Å². The van der Waals surface area contributed by atoms with E-state index in [0.717, 1.165) is 23.6 Å². The second kappa shape index (κ2) is 6.04. The van der Waals surface area contributed by atoms with E-state index in [2.05, 4.69) is 6.92 Å². The SMILES string of the molecule is CC(CN)CSCc1cccc(F)c1. The van der Waals surface area contributed by atoms with E-state index in [1.54, 1.807) is 23.9 Å². The van der Waals surface area contributed by atoms with Gasteiger partial charge in [0.25, 0.3) is 0 Å². The Morgan fingerprint density at radius 1 is 1.50 bits per heavy atom. The number of thioether (sulfide) groups is 1. The molecule has 3 heteroatoms. The largest absolute Gasteiger partial charge is 0.330 e. The maximum atomic E-state index is 12.8. The zero-order valence-electron chi connectivity index (χ0n) is 8.37. The summed E-state index contributed by atoms with van der Waals surface area (Å²) in [7, 11) is 0. The smallest absolute Gasteiger partial charge is 0.123 e. The van der Waals surface area contributed by atoms with Crippen LogP contribution in [-0.2, 0) is 5.75 Å². The third kappa shape index (κ3) is 4.11. The molecule has 1 rings (SSSR count). The average Bonchev–Trinajstić information content (AvgIpc) is 2.17. The predicted molar refractivity (Wildman–Crippen MR) is 60.8 cm³/mol. The Hall–Kier alpha value is -0.540. The van der Waals surface area contributed by atoms with E-state index in [-0.39, 0.29) is 5.82 Å². The number of hydrogen-bond donors (Lipinski definition) is 1. The molecule has 1 aromatic carbocycles. The first-order chi connectivity index (χ1) is 6.72. The Morgan fingerprint density at radius 3 is 2.93 bits per heavy atom. The molecule has 0 amide bonds. The van der Waals surface area contributed by atoms with E-state index in [9.17, 15) is 4.39 Å². The Labute approximate surface area is 88.9 Å². The molecule has 2 N–H and O–H groups in total. The molecule has 1 unspecified atom stereocenters. The Morgan fingerprint density at radius 2 is 2.29 bits per heavy atom. The molecule has 0 aromatic heterocycles. The first-order valence-corrected chi connectivity index (χ1v) is 5.90. The number of halogens is 1.